The Kier molecular flexibility index (Phi) is 8.35. The predicted molar refractivity (Wildman–Crippen MR) is 143 cm³/mol. The monoisotopic (exact) mass is 576 g/mol. The first kappa shape index (κ1) is 29.0. The lowest BCUT2D eigenvalue weighted by atomic mass is 9.96. The number of fused-ring (bicyclic) bond motifs is 2. The normalized spacial score (nSPS) is 20.4. The number of ether oxygens (including phenoxy) is 4. The minimum absolute atomic E-state index is 0.0928. The largest absolute Gasteiger partial charge is 0.492 e. The van der Waals surface area contributed by atoms with Gasteiger partial charge in [-0.3, -0.25) is 9.69 Å². The summed E-state index contributed by atoms with van der Waals surface area (Å²) in [5, 5.41) is 0. The number of rotatable bonds is 7. The Morgan fingerprint density at radius 2 is 1.80 bits per heavy atom. The highest BCUT2D eigenvalue weighted by molar-refractivity contribution is 5.71. The molecule has 2 aromatic rings. The van der Waals surface area contributed by atoms with Gasteiger partial charge >= 0.3 is 18.2 Å². The van der Waals surface area contributed by atoms with Crippen molar-refractivity contribution in [2.75, 3.05) is 39.9 Å². The first-order chi connectivity index (χ1) is 19.5. The van der Waals surface area contributed by atoms with E-state index in [1.165, 1.54) is 13.2 Å². The number of piperazine rings is 1. The van der Waals surface area contributed by atoms with E-state index < -0.39 is 17.8 Å². The van der Waals surface area contributed by atoms with Gasteiger partial charge < -0.3 is 23.8 Å². The van der Waals surface area contributed by atoms with Gasteiger partial charge in [-0.1, -0.05) is 12.1 Å². The van der Waals surface area contributed by atoms with Crippen LogP contribution in [-0.4, -0.2) is 67.9 Å². The zero-order valence-electron chi connectivity index (χ0n) is 23.5. The van der Waals surface area contributed by atoms with E-state index in [-0.39, 0.29) is 42.6 Å². The summed E-state index contributed by atoms with van der Waals surface area (Å²) < 4.78 is 64.4. The van der Waals surface area contributed by atoms with Gasteiger partial charge in [0.2, 0.25) is 0 Å². The number of halogens is 3. The molecule has 0 bridgehead atoms. The van der Waals surface area contributed by atoms with E-state index >= 15 is 0 Å². The van der Waals surface area contributed by atoms with Crippen LogP contribution in [0.15, 0.2) is 30.3 Å². The van der Waals surface area contributed by atoms with Crippen LogP contribution >= 0.6 is 0 Å². The van der Waals surface area contributed by atoms with Crippen LogP contribution in [0.4, 0.5) is 18.0 Å². The number of hydrogen-bond donors (Lipinski definition) is 0. The van der Waals surface area contributed by atoms with E-state index in [1.54, 1.807) is 24.8 Å². The SMILES string of the molecule is COC(=O)CC1COc2cc(OC3CCc4c3ccc(C(F)(F)F)c4CN3CCN(C(=O)OC(C)C)CC3)ccc21. The standard InChI is InChI=1S/C30H35F3N2O6/c1-18(2)40-29(37)35-12-10-34(11-13-35)16-24-22-7-9-26(23(22)6-8-25(24)30(31,32)33)41-20-4-5-21-19(14-28(36)38-3)17-39-27(21)15-20/h4-6,8,15,18-19,26H,7,9-14,16-17H2,1-3H3. The van der Waals surface area contributed by atoms with Crippen LogP contribution in [0.3, 0.4) is 0 Å². The Morgan fingerprint density at radius 3 is 2.49 bits per heavy atom. The summed E-state index contributed by atoms with van der Waals surface area (Å²) in [7, 11) is 1.35. The topological polar surface area (TPSA) is 77.5 Å². The van der Waals surface area contributed by atoms with E-state index in [1.807, 2.05) is 17.0 Å². The molecule has 1 aliphatic carbocycles. The summed E-state index contributed by atoms with van der Waals surface area (Å²) >= 11 is 0. The Balaban J connectivity index is 1.31. The molecule has 2 aliphatic heterocycles. The number of esters is 1. The van der Waals surface area contributed by atoms with E-state index in [0.29, 0.717) is 62.7 Å². The van der Waals surface area contributed by atoms with Crippen molar-refractivity contribution in [2.24, 2.45) is 0 Å². The second kappa shape index (κ2) is 11.8. The van der Waals surface area contributed by atoms with Gasteiger partial charge in [0.15, 0.2) is 0 Å². The third-order valence-electron chi connectivity index (χ3n) is 7.91. The van der Waals surface area contributed by atoms with Crippen LogP contribution in [0.5, 0.6) is 11.5 Å². The van der Waals surface area contributed by atoms with Crippen LogP contribution in [0.25, 0.3) is 0 Å². The molecule has 3 aliphatic rings. The average Bonchev–Trinajstić information content (AvgIpc) is 3.52. The van der Waals surface area contributed by atoms with Crippen molar-refractivity contribution in [3.8, 4) is 11.5 Å². The zero-order chi connectivity index (χ0) is 29.3. The van der Waals surface area contributed by atoms with Crippen LogP contribution in [0, 0.1) is 0 Å². The molecule has 2 heterocycles. The lowest BCUT2D eigenvalue weighted by Gasteiger charge is -2.35. The molecule has 2 atom stereocenters. The predicted octanol–water partition coefficient (Wildman–Crippen LogP) is 5.47. The molecule has 222 valence electrons. The van der Waals surface area contributed by atoms with Crippen molar-refractivity contribution in [2.45, 2.75) is 64.0 Å². The quantitative estimate of drug-likeness (QED) is 0.405. The van der Waals surface area contributed by atoms with Crippen molar-refractivity contribution in [3.63, 3.8) is 0 Å². The molecule has 2 aromatic carbocycles. The number of carbonyl (C=O) groups is 2. The van der Waals surface area contributed by atoms with E-state index in [4.69, 9.17) is 18.9 Å². The van der Waals surface area contributed by atoms with Crippen molar-refractivity contribution in [1.29, 1.82) is 0 Å². The average molecular weight is 577 g/mol. The molecule has 0 N–H and O–H groups in total. The maximum atomic E-state index is 14.1. The molecule has 5 rings (SSSR count). The third-order valence-corrected chi connectivity index (χ3v) is 7.91. The number of carbonyl (C=O) groups excluding carboxylic acids is 2. The summed E-state index contributed by atoms with van der Waals surface area (Å²) in [5.74, 6) is 0.800. The first-order valence-corrected chi connectivity index (χ1v) is 13.9. The van der Waals surface area contributed by atoms with Gasteiger partial charge in [-0.05, 0) is 55.5 Å². The highest BCUT2D eigenvalue weighted by Crippen LogP contribution is 2.44. The molecular formula is C30H35F3N2O6. The fraction of sp³-hybridized carbons (Fsp3) is 0.533. The maximum absolute atomic E-state index is 14.1. The number of alkyl halides is 3. The summed E-state index contributed by atoms with van der Waals surface area (Å²) in [5.41, 5.74) is 2.01. The third kappa shape index (κ3) is 6.39. The molecule has 1 saturated heterocycles. The smallest absolute Gasteiger partial charge is 0.416 e. The van der Waals surface area contributed by atoms with Gasteiger partial charge in [0.25, 0.3) is 0 Å². The van der Waals surface area contributed by atoms with Crippen molar-refractivity contribution in [3.05, 3.63) is 58.1 Å². The fourth-order valence-electron chi connectivity index (χ4n) is 5.84. The van der Waals surface area contributed by atoms with Crippen molar-refractivity contribution in [1.82, 2.24) is 9.80 Å². The molecule has 1 fully saturated rings. The van der Waals surface area contributed by atoms with E-state index in [2.05, 4.69) is 0 Å². The van der Waals surface area contributed by atoms with Gasteiger partial charge in [0.1, 0.15) is 17.6 Å². The minimum Gasteiger partial charge on any atom is -0.492 e. The van der Waals surface area contributed by atoms with Crippen molar-refractivity contribution < 1.29 is 41.7 Å². The number of methoxy groups -OCH3 is 1. The van der Waals surface area contributed by atoms with Gasteiger partial charge in [0, 0.05) is 50.3 Å². The lowest BCUT2D eigenvalue weighted by molar-refractivity contribution is -0.141. The molecule has 8 nitrogen and oxygen atoms in total. The second-order valence-electron chi connectivity index (χ2n) is 11.0. The molecular weight excluding hydrogens is 541 g/mol. The second-order valence-corrected chi connectivity index (χ2v) is 11.0. The Bertz CT molecular complexity index is 1290. The van der Waals surface area contributed by atoms with Gasteiger partial charge in [0.05, 0.1) is 31.8 Å². The Labute approximate surface area is 237 Å². The lowest BCUT2D eigenvalue weighted by Crippen LogP contribution is -2.49. The summed E-state index contributed by atoms with van der Waals surface area (Å²) in [6.45, 7) is 5.79. The first-order valence-electron chi connectivity index (χ1n) is 13.9. The molecule has 41 heavy (non-hydrogen) atoms. The number of hydrogen-bond acceptors (Lipinski definition) is 7. The van der Waals surface area contributed by atoms with Gasteiger partial charge in [-0.15, -0.1) is 0 Å². The summed E-state index contributed by atoms with van der Waals surface area (Å²) in [6.07, 6.45) is -4.24. The Morgan fingerprint density at radius 1 is 1.07 bits per heavy atom. The highest BCUT2D eigenvalue weighted by Gasteiger charge is 2.38. The molecule has 0 radical (unpaired) electrons. The number of nitrogens with zero attached hydrogens (tertiary/aromatic N) is 2. The van der Waals surface area contributed by atoms with Gasteiger partial charge in [-0.25, -0.2) is 4.79 Å². The maximum Gasteiger partial charge on any atom is 0.416 e. The molecule has 1 amide bonds. The number of amides is 1. The Hall–Kier alpha value is -3.47. The number of benzene rings is 2. The van der Waals surface area contributed by atoms with Crippen LogP contribution in [0.2, 0.25) is 0 Å². The molecule has 0 spiro atoms. The van der Waals surface area contributed by atoms with Crippen LogP contribution in [0.1, 0.15) is 66.5 Å². The molecule has 11 heteroatoms. The van der Waals surface area contributed by atoms with Gasteiger partial charge in [-0.2, -0.15) is 13.2 Å². The van der Waals surface area contributed by atoms with Crippen LogP contribution < -0.4 is 9.47 Å². The minimum atomic E-state index is -4.48. The summed E-state index contributed by atoms with van der Waals surface area (Å²) in [4.78, 5) is 27.5. The zero-order valence-corrected chi connectivity index (χ0v) is 23.5. The van der Waals surface area contributed by atoms with Crippen LogP contribution in [-0.2, 0) is 33.4 Å². The highest BCUT2D eigenvalue weighted by atomic mass is 19.4. The molecule has 0 saturated carbocycles. The molecule has 2 unspecified atom stereocenters. The molecule has 0 aromatic heterocycles. The van der Waals surface area contributed by atoms with Crippen molar-refractivity contribution >= 4 is 12.1 Å². The summed E-state index contributed by atoms with van der Waals surface area (Å²) in [6, 6.07) is 8.16. The van der Waals surface area contributed by atoms with E-state index in [9.17, 15) is 22.8 Å². The fourth-order valence-corrected chi connectivity index (χ4v) is 5.84. The van der Waals surface area contributed by atoms with E-state index in [0.717, 1.165) is 17.2 Å².